The van der Waals surface area contributed by atoms with Gasteiger partial charge in [-0.2, -0.15) is 0 Å². The van der Waals surface area contributed by atoms with Crippen molar-refractivity contribution in [2.24, 2.45) is 5.92 Å². The fourth-order valence-corrected chi connectivity index (χ4v) is 3.86. The molecule has 0 aromatic rings. The number of hydrogen-bond donors (Lipinski definition) is 0. The van der Waals surface area contributed by atoms with E-state index in [4.69, 9.17) is 4.74 Å². The Bertz CT molecular complexity index is 289. The summed E-state index contributed by atoms with van der Waals surface area (Å²) in [5.74, 6) is 0.855. The molecule has 0 amide bonds. The van der Waals surface area contributed by atoms with Gasteiger partial charge in [-0.05, 0) is 57.5 Å². The van der Waals surface area contributed by atoms with Crippen LogP contribution in [0, 0.1) is 5.92 Å². The van der Waals surface area contributed by atoms with Crippen LogP contribution in [-0.4, -0.2) is 36.1 Å². The second-order valence-corrected chi connectivity index (χ2v) is 6.66. The Morgan fingerprint density at radius 2 is 1.75 bits per heavy atom. The lowest BCUT2D eigenvalue weighted by Crippen LogP contribution is -2.44. The second kappa shape index (κ2) is 8.02. The van der Waals surface area contributed by atoms with Gasteiger partial charge in [0.1, 0.15) is 6.10 Å². The van der Waals surface area contributed by atoms with Gasteiger partial charge in [-0.25, -0.2) is 0 Å². The predicted octanol–water partition coefficient (Wildman–Crippen LogP) is 3.76. The Kier molecular flexibility index (Phi) is 6.34. The molecule has 0 bridgehead atoms. The first-order valence-electron chi connectivity index (χ1n) is 8.60. The zero-order valence-electron chi connectivity index (χ0n) is 13.3. The standard InChI is InChI=1S/C17H31NO2/c1-3-4-5-15-10-12-18(13-11-15)16-6-8-17(9-7-16)20-14(2)19/h15-17H,3-13H2,1-2H3/t16-,17-. The van der Waals surface area contributed by atoms with Crippen LogP contribution in [0.5, 0.6) is 0 Å². The quantitative estimate of drug-likeness (QED) is 0.719. The van der Waals surface area contributed by atoms with Gasteiger partial charge in [-0.3, -0.25) is 4.79 Å². The summed E-state index contributed by atoms with van der Waals surface area (Å²) in [6.45, 7) is 6.39. The van der Waals surface area contributed by atoms with E-state index < -0.39 is 0 Å². The summed E-state index contributed by atoms with van der Waals surface area (Å²) in [5, 5.41) is 0. The fourth-order valence-electron chi connectivity index (χ4n) is 3.86. The monoisotopic (exact) mass is 281 g/mol. The van der Waals surface area contributed by atoms with E-state index in [2.05, 4.69) is 11.8 Å². The topological polar surface area (TPSA) is 29.5 Å². The number of esters is 1. The number of ether oxygens (including phenoxy) is 1. The third kappa shape index (κ3) is 4.76. The minimum atomic E-state index is -0.120. The predicted molar refractivity (Wildman–Crippen MR) is 81.6 cm³/mol. The van der Waals surface area contributed by atoms with Gasteiger partial charge in [0.05, 0.1) is 0 Å². The number of nitrogens with zero attached hydrogens (tertiary/aromatic N) is 1. The minimum Gasteiger partial charge on any atom is -0.463 e. The van der Waals surface area contributed by atoms with Crippen molar-refractivity contribution in [3.8, 4) is 0 Å². The number of carbonyl (C=O) groups is 1. The maximum atomic E-state index is 11.0. The molecule has 3 heteroatoms. The first-order chi connectivity index (χ1) is 9.69. The maximum absolute atomic E-state index is 11.0. The van der Waals surface area contributed by atoms with Crippen LogP contribution in [0.25, 0.3) is 0 Å². The molecule has 2 rings (SSSR count). The Balaban J connectivity index is 1.66. The summed E-state index contributed by atoms with van der Waals surface area (Å²) in [6.07, 6.45) is 11.7. The molecule has 0 aromatic heterocycles. The van der Waals surface area contributed by atoms with Crippen molar-refractivity contribution in [3.05, 3.63) is 0 Å². The molecule has 0 spiro atoms. The molecule has 0 atom stereocenters. The first kappa shape index (κ1) is 15.8. The van der Waals surface area contributed by atoms with Crippen LogP contribution >= 0.6 is 0 Å². The molecular formula is C17H31NO2. The van der Waals surface area contributed by atoms with Gasteiger partial charge in [0.25, 0.3) is 0 Å². The third-order valence-corrected chi connectivity index (χ3v) is 5.11. The van der Waals surface area contributed by atoms with Crippen LogP contribution in [0.2, 0.25) is 0 Å². The summed E-state index contributed by atoms with van der Waals surface area (Å²) in [5.41, 5.74) is 0. The van der Waals surface area contributed by atoms with E-state index in [9.17, 15) is 4.79 Å². The summed E-state index contributed by atoms with van der Waals surface area (Å²) in [6, 6.07) is 0.744. The first-order valence-corrected chi connectivity index (χ1v) is 8.60. The SMILES string of the molecule is CCCCC1CCN([C@H]2CC[C@H](OC(C)=O)CC2)CC1. The van der Waals surface area contributed by atoms with Crippen molar-refractivity contribution in [2.45, 2.75) is 83.8 Å². The molecule has 0 aromatic carbocycles. The van der Waals surface area contributed by atoms with Gasteiger partial charge < -0.3 is 9.64 Å². The molecule has 2 fully saturated rings. The molecule has 2 aliphatic rings. The number of unbranched alkanes of at least 4 members (excludes halogenated alkanes) is 1. The van der Waals surface area contributed by atoms with Crippen LogP contribution in [0.3, 0.4) is 0 Å². The van der Waals surface area contributed by atoms with Crippen molar-refractivity contribution < 1.29 is 9.53 Å². The average Bonchev–Trinajstić information content (AvgIpc) is 2.46. The van der Waals surface area contributed by atoms with E-state index in [1.165, 1.54) is 65.0 Å². The van der Waals surface area contributed by atoms with Gasteiger partial charge in [0, 0.05) is 13.0 Å². The zero-order valence-corrected chi connectivity index (χ0v) is 13.3. The minimum absolute atomic E-state index is 0.120. The van der Waals surface area contributed by atoms with Crippen LogP contribution < -0.4 is 0 Å². The highest BCUT2D eigenvalue weighted by Crippen LogP contribution is 2.30. The lowest BCUT2D eigenvalue weighted by molar-refractivity contribution is -0.148. The number of hydrogen-bond acceptors (Lipinski definition) is 3. The highest BCUT2D eigenvalue weighted by atomic mass is 16.5. The number of piperidine rings is 1. The molecule has 1 aliphatic carbocycles. The normalized spacial score (nSPS) is 29.3. The summed E-state index contributed by atoms with van der Waals surface area (Å²) < 4.78 is 5.33. The molecule has 20 heavy (non-hydrogen) atoms. The molecule has 1 saturated heterocycles. The van der Waals surface area contributed by atoms with Crippen molar-refractivity contribution in [3.63, 3.8) is 0 Å². The van der Waals surface area contributed by atoms with E-state index in [-0.39, 0.29) is 12.1 Å². The Morgan fingerprint density at radius 1 is 1.10 bits per heavy atom. The van der Waals surface area contributed by atoms with Crippen LogP contribution in [-0.2, 0) is 9.53 Å². The Labute approximate surface area is 124 Å². The van der Waals surface area contributed by atoms with E-state index >= 15 is 0 Å². The van der Waals surface area contributed by atoms with E-state index in [0.717, 1.165) is 24.8 Å². The largest absolute Gasteiger partial charge is 0.463 e. The van der Waals surface area contributed by atoms with E-state index in [0.29, 0.717) is 0 Å². The fraction of sp³-hybridized carbons (Fsp3) is 0.941. The number of rotatable bonds is 5. The molecule has 0 unspecified atom stereocenters. The second-order valence-electron chi connectivity index (χ2n) is 6.66. The van der Waals surface area contributed by atoms with Gasteiger partial charge in [0.2, 0.25) is 0 Å². The van der Waals surface area contributed by atoms with Crippen LogP contribution in [0.1, 0.15) is 71.6 Å². The van der Waals surface area contributed by atoms with E-state index in [1.807, 2.05) is 0 Å². The average molecular weight is 281 g/mol. The van der Waals surface area contributed by atoms with Gasteiger partial charge in [-0.15, -0.1) is 0 Å². The van der Waals surface area contributed by atoms with Gasteiger partial charge >= 0.3 is 5.97 Å². The molecule has 0 radical (unpaired) electrons. The van der Waals surface area contributed by atoms with Gasteiger partial charge in [-0.1, -0.05) is 26.2 Å². The van der Waals surface area contributed by atoms with Crippen molar-refractivity contribution in [1.82, 2.24) is 4.90 Å². The molecule has 1 heterocycles. The smallest absolute Gasteiger partial charge is 0.302 e. The van der Waals surface area contributed by atoms with Crippen molar-refractivity contribution in [2.75, 3.05) is 13.1 Å². The molecule has 1 aliphatic heterocycles. The molecular weight excluding hydrogens is 250 g/mol. The highest BCUT2D eigenvalue weighted by molar-refractivity contribution is 5.66. The highest BCUT2D eigenvalue weighted by Gasteiger charge is 2.29. The Morgan fingerprint density at radius 3 is 2.30 bits per heavy atom. The molecule has 0 N–H and O–H groups in total. The molecule has 116 valence electrons. The lowest BCUT2D eigenvalue weighted by Gasteiger charge is -2.40. The van der Waals surface area contributed by atoms with Crippen molar-refractivity contribution in [1.29, 1.82) is 0 Å². The Hall–Kier alpha value is -0.570. The molecule has 1 saturated carbocycles. The summed E-state index contributed by atoms with van der Waals surface area (Å²) in [4.78, 5) is 13.7. The van der Waals surface area contributed by atoms with E-state index in [1.54, 1.807) is 0 Å². The molecule has 3 nitrogen and oxygen atoms in total. The summed E-state index contributed by atoms with van der Waals surface area (Å²) in [7, 11) is 0. The number of carbonyl (C=O) groups excluding carboxylic acids is 1. The van der Waals surface area contributed by atoms with Crippen LogP contribution in [0.4, 0.5) is 0 Å². The summed E-state index contributed by atoms with van der Waals surface area (Å²) >= 11 is 0. The maximum Gasteiger partial charge on any atom is 0.302 e. The third-order valence-electron chi connectivity index (χ3n) is 5.11. The lowest BCUT2D eigenvalue weighted by atomic mass is 9.87. The number of likely N-dealkylation sites (tertiary alicyclic amines) is 1. The van der Waals surface area contributed by atoms with Crippen LogP contribution in [0.15, 0.2) is 0 Å². The van der Waals surface area contributed by atoms with Crippen molar-refractivity contribution >= 4 is 5.97 Å². The zero-order chi connectivity index (χ0) is 14.4. The van der Waals surface area contributed by atoms with Gasteiger partial charge in [0.15, 0.2) is 0 Å².